The Morgan fingerprint density at radius 1 is 1.14 bits per heavy atom. The molecule has 0 aliphatic heterocycles. The maximum Gasteiger partial charge on any atom is 0.0137 e. The lowest BCUT2D eigenvalue weighted by Crippen LogP contribution is -2.41. The van der Waals surface area contributed by atoms with Crippen LogP contribution in [0.15, 0.2) is 0 Å². The Hall–Kier alpha value is -0.0800. The van der Waals surface area contributed by atoms with Crippen molar-refractivity contribution in [1.29, 1.82) is 0 Å². The summed E-state index contributed by atoms with van der Waals surface area (Å²) in [5.41, 5.74) is 0.287. The van der Waals surface area contributed by atoms with E-state index < -0.39 is 0 Å². The molecule has 0 spiro atoms. The molecule has 0 saturated heterocycles. The van der Waals surface area contributed by atoms with Gasteiger partial charge in [0.1, 0.15) is 0 Å². The van der Waals surface area contributed by atoms with Crippen LogP contribution in [0.4, 0.5) is 0 Å². The van der Waals surface area contributed by atoms with Crippen LogP contribution in [0.25, 0.3) is 0 Å². The zero-order valence-electron chi connectivity index (χ0n) is 10.7. The Morgan fingerprint density at radius 3 is 2.29 bits per heavy atom. The summed E-state index contributed by atoms with van der Waals surface area (Å²) in [5.74, 6) is 0. The van der Waals surface area contributed by atoms with Crippen molar-refractivity contribution >= 4 is 0 Å². The molecule has 2 heteroatoms. The van der Waals surface area contributed by atoms with Gasteiger partial charge in [-0.05, 0) is 53.4 Å². The summed E-state index contributed by atoms with van der Waals surface area (Å²) in [6.45, 7) is 12.5. The zero-order valence-corrected chi connectivity index (χ0v) is 10.7. The Labute approximate surface area is 90.1 Å². The molecule has 2 nitrogen and oxygen atoms in total. The highest BCUT2D eigenvalue weighted by Gasteiger charge is 2.15. The molecule has 1 N–H and O–H groups in total. The molecule has 0 bridgehead atoms. The van der Waals surface area contributed by atoms with Gasteiger partial charge in [0.15, 0.2) is 0 Å². The largest absolute Gasteiger partial charge is 0.312 e. The number of nitrogens with zero attached hydrogens (tertiary/aromatic N) is 1. The second-order valence-electron chi connectivity index (χ2n) is 4.82. The average molecular weight is 200 g/mol. The van der Waals surface area contributed by atoms with Crippen molar-refractivity contribution in [2.75, 3.05) is 26.7 Å². The molecule has 0 aliphatic rings. The maximum absolute atomic E-state index is 3.51. The van der Waals surface area contributed by atoms with E-state index in [1.165, 1.54) is 32.4 Å². The minimum Gasteiger partial charge on any atom is -0.312 e. The fraction of sp³-hybridized carbons (Fsp3) is 1.00. The Morgan fingerprint density at radius 2 is 1.79 bits per heavy atom. The third kappa shape index (κ3) is 7.34. The average Bonchev–Trinajstić information content (AvgIpc) is 2.11. The molecule has 0 heterocycles. The predicted molar refractivity (Wildman–Crippen MR) is 64.8 cm³/mol. The van der Waals surface area contributed by atoms with E-state index in [-0.39, 0.29) is 5.54 Å². The van der Waals surface area contributed by atoms with Crippen LogP contribution in [-0.4, -0.2) is 37.1 Å². The normalized spacial score (nSPS) is 12.4. The molecular formula is C12H28N2. The summed E-state index contributed by atoms with van der Waals surface area (Å²) in [5, 5.41) is 3.51. The Balaban J connectivity index is 3.58. The number of unbranched alkanes of at least 4 members (excludes halogenated alkanes) is 1. The highest BCUT2D eigenvalue weighted by molar-refractivity contribution is 4.77. The molecule has 0 fully saturated rings. The van der Waals surface area contributed by atoms with Gasteiger partial charge in [-0.3, -0.25) is 0 Å². The smallest absolute Gasteiger partial charge is 0.0137 e. The first-order valence-corrected chi connectivity index (χ1v) is 5.95. The summed E-state index contributed by atoms with van der Waals surface area (Å²) in [6, 6.07) is 0. The second-order valence-corrected chi connectivity index (χ2v) is 4.82. The highest BCUT2D eigenvalue weighted by Crippen LogP contribution is 2.08. The topological polar surface area (TPSA) is 15.3 Å². The molecule has 0 amide bonds. The molecule has 0 aromatic rings. The van der Waals surface area contributed by atoms with E-state index in [0.29, 0.717) is 0 Å². The number of rotatable bonds is 8. The van der Waals surface area contributed by atoms with Crippen LogP contribution in [-0.2, 0) is 0 Å². The van der Waals surface area contributed by atoms with Crippen molar-refractivity contribution in [2.45, 2.75) is 52.5 Å². The lowest BCUT2D eigenvalue weighted by atomic mass is 10.0. The van der Waals surface area contributed by atoms with E-state index in [9.17, 15) is 0 Å². The van der Waals surface area contributed by atoms with Crippen molar-refractivity contribution in [1.82, 2.24) is 10.2 Å². The summed E-state index contributed by atoms with van der Waals surface area (Å²) in [6.07, 6.45) is 3.83. The van der Waals surface area contributed by atoms with Crippen LogP contribution in [0.5, 0.6) is 0 Å². The Kier molecular flexibility index (Phi) is 7.20. The van der Waals surface area contributed by atoms with Gasteiger partial charge in [-0.25, -0.2) is 0 Å². The zero-order chi connectivity index (χ0) is 11.0. The standard InChI is InChI=1S/C12H28N2/c1-6-8-10-14(5)11-9-12(3,4)13-7-2/h13H,6-11H2,1-5H3. The van der Waals surface area contributed by atoms with Crippen molar-refractivity contribution in [3.05, 3.63) is 0 Å². The van der Waals surface area contributed by atoms with E-state index in [1.807, 2.05) is 0 Å². The maximum atomic E-state index is 3.51. The molecule has 0 aromatic carbocycles. The van der Waals surface area contributed by atoms with Gasteiger partial charge in [-0.15, -0.1) is 0 Å². The molecule has 14 heavy (non-hydrogen) atoms. The summed E-state index contributed by atoms with van der Waals surface area (Å²) >= 11 is 0. The third-order valence-corrected chi connectivity index (χ3v) is 2.67. The lowest BCUT2D eigenvalue weighted by molar-refractivity contribution is 0.268. The van der Waals surface area contributed by atoms with Gasteiger partial charge in [0, 0.05) is 5.54 Å². The monoisotopic (exact) mass is 200 g/mol. The molecule has 0 unspecified atom stereocenters. The predicted octanol–water partition coefficient (Wildman–Crippen LogP) is 2.50. The lowest BCUT2D eigenvalue weighted by Gasteiger charge is -2.28. The number of hydrogen-bond donors (Lipinski definition) is 1. The first-order chi connectivity index (χ1) is 6.52. The van der Waals surface area contributed by atoms with Crippen LogP contribution < -0.4 is 5.32 Å². The van der Waals surface area contributed by atoms with Gasteiger partial charge in [-0.2, -0.15) is 0 Å². The highest BCUT2D eigenvalue weighted by atomic mass is 15.1. The van der Waals surface area contributed by atoms with Crippen molar-refractivity contribution in [2.24, 2.45) is 0 Å². The van der Waals surface area contributed by atoms with Gasteiger partial charge >= 0.3 is 0 Å². The summed E-state index contributed by atoms with van der Waals surface area (Å²) in [4.78, 5) is 2.43. The van der Waals surface area contributed by atoms with Crippen LogP contribution in [0.1, 0.15) is 47.0 Å². The van der Waals surface area contributed by atoms with Crippen LogP contribution in [0.3, 0.4) is 0 Å². The van der Waals surface area contributed by atoms with Gasteiger partial charge in [-0.1, -0.05) is 20.3 Å². The van der Waals surface area contributed by atoms with E-state index in [2.05, 4.69) is 45.0 Å². The minimum absolute atomic E-state index is 0.287. The van der Waals surface area contributed by atoms with Gasteiger partial charge in [0.25, 0.3) is 0 Å². The fourth-order valence-corrected chi connectivity index (χ4v) is 1.58. The van der Waals surface area contributed by atoms with E-state index in [4.69, 9.17) is 0 Å². The summed E-state index contributed by atoms with van der Waals surface area (Å²) in [7, 11) is 2.22. The molecular weight excluding hydrogens is 172 g/mol. The van der Waals surface area contributed by atoms with Crippen molar-refractivity contribution in [3.63, 3.8) is 0 Å². The number of hydrogen-bond acceptors (Lipinski definition) is 2. The Bertz CT molecular complexity index is 132. The molecule has 0 aliphatic carbocycles. The van der Waals surface area contributed by atoms with Crippen LogP contribution in [0, 0.1) is 0 Å². The first-order valence-electron chi connectivity index (χ1n) is 5.95. The van der Waals surface area contributed by atoms with E-state index in [0.717, 1.165) is 6.54 Å². The molecule has 0 saturated carbocycles. The molecule has 0 radical (unpaired) electrons. The SMILES string of the molecule is CCCCN(C)CCC(C)(C)NCC. The summed E-state index contributed by atoms with van der Waals surface area (Å²) < 4.78 is 0. The van der Waals surface area contributed by atoms with E-state index >= 15 is 0 Å². The van der Waals surface area contributed by atoms with Gasteiger partial charge < -0.3 is 10.2 Å². The molecule has 0 rings (SSSR count). The molecule has 0 atom stereocenters. The quantitative estimate of drug-likeness (QED) is 0.647. The van der Waals surface area contributed by atoms with Crippen molar-refractivity contribution in [3.8, 4) is 0 Å². The number of nitrogens with one attached hydrogen (secondary N) is 1. The van der Waals surface area contributed by atoms with E-state index in [1.54, 1.807) is 0 Å². The second kappa shape index (κ2) is 7.24. The molecule has 0 aromatic heterocycles. The van der Waals surface area contributed by atoms with Gasteiger partial charge in [0.05, 0.1) is 0 Å². The molecule has 86 valence electrons. The minimum atomic E-state index is 0.287. The van der Waals surface area contributed by atoms with Crippen LogP contribution in [0.2, 0.25) is 0 Å². The first kappa shape index (κ1) is 13.9. The fourth-order valence-electron chi connectivity index (χ4n) is 1.58. The van der Waals surface area contributed by atoms with Crippen LogP contribution >= 0.6 is 0 Å². The van der Waals surface area contributed by atoms with Crippen molar-refractivity contribution < 1.29 is 0 Å². The van der Waals surface area contributed by atoms with Gasteiger partial charge in [0.2, 0.25) is 0 Å². The third-order valence-electron chi connectivity index (χ3n) is 2.67.